The Balaban J connectivity index is 1.39. The summed E-state index contributed by atoms with van der Waals surface area (Å²) in [5, 5.41) is 5.07. The largest absolute Gasteiger partial charge is 0.338 e. The van der Waals surface area contributed by atoms with Gasteiger partial charge in [-0.2, -0.15) is 0 Å². The van der Waals surface area contributed by atoms with E-state index in [0.29, 0.717) is 11.6 Å². The lowest BCUT2D eigenvalue weighted by atomic mass is 10.1. The molecule has 2 aliphatic heterocycles. The second-order valence-corrected chi connectivity index (χ2v) is 9.86. The number of nitrogens with zero attached hydrogens (tertiary/aromatic N) is 3. The van der Waals surface area contributed by atoms with Crippen molar-refractivity contribution in [1.82, 2.24) is 14.9 Å². The van der Waals surface area contributed by atoms with Gasteiger partial charge in [0.25, 0.3) is 0 Å². The van der Waals surface area contributed by atoms with Gasteiger partial charge in [0.2, 0.25) is 11.8 Å². The Bertz CT molecular complexity index is 974. The number of pyridine rings is 1. The van der Waals surface area contributed by atoms with Gasteiger partial charge in [-0.05, 0) is 18.6 Å². The predicted octanol–water partition coefficient (Wildman–Crippen LogP) is 1.18. The average Bonchev–Trinajstić information content (AvgIpc) is 3.34. The maximum atomic E-state index is 12.5. The van der Waals surface area contributed by atoms with Crippen molar-refractivity contribution in [1.29, 1.82) is 0 Å². The topological polar surface area (TPSA) is 109 Å². The zero-order valence-electron chi connectivity index (χ0n) is 14.4. The second kappa shape index (κ2) is 7.01. The number of anilines is 1. The number of aromatic nitrogens is 2. The number of amides is 2. The summed E-state index contributed by atoms with van der Waals surface area (Å²) in [7, 11) is -3.07. The summed E-state index contributed by atoms with van der Waals surface area (Å²) < 4.78 is 23.3. The van der Waals surface area contributed by atoms with Gasteiger partial charge in [0, 0.05) is 42.3 Å². The van der Waals surface area contributed by atoms with Crippen LogP contribution in [0.15, 0.2) is 29.9 Å². The molecule has 2 aliphatic rings. The van der Waals surface area contributed by atoms with Crippen LogP contribution in [0, 0.1) is 5.92 Å². The van der Waals surface area contributed by atoms with E-state index in [2.05, 4.69) is 15.3 Å². The number of thiazole rings is 1. The van der Waals surface area contributed by atoms with Gasteiger partial charge in [-0.3, -0.25) is 14.6 Å². The van der Waals surface area contributed by atoms with Crippen molar-refractivity contribution in [2.75, 3.05) is 23.4 Å². The Kier molecular flexibility index (Phi) is 4.68. The van der Waals surface area contributed by atoms with Crippen molar-refractivity contribution >= 4 is 38.1 Å². The van der Waals surface area contributed by atoms with Crippen LogP contribution >= 0.6 is 11.3 Å². The molecule has 8 nitrogen and oxygen atoms in total. The molecule has 2 saturated heterocycles. The highest BCUT2D eigenvalue weighted by molar-refractivity contribution is 7.91. The van der Waals surface area contributed by atoms with Gasteiger partial charge in [-0.15, -0.1) is 11.3 Å². The quantitative estimate of drug-likeness (QED) is 0.817. The minimum atomic E-state index is -3.07. The first-order valence-electron chi connectivity index (χ1n) is 8.58. The first-order chi connectivity index (χ1) is 12.9. The van der Waals surface area contributed by atoms with Crippen molar-refractivity contribution < 1.29 is 18.0 Å². The lowest BCUT2D eigenvalue weighted by molar-refractivity contribution is -0.129. The highest BCUT2D eigenvalue weighted by Gasteiger charge is 2.42. The smallest absolute Gasteiger partial charge is 0.231 e. The molecule has 0 aromatic carbocycles. The fraction of sp³-hybridized carbons (Fsp3) is 0.412. The molecule has 0 saturated carbocycles. The SMILES string of the molecule is O=C(Nc1nc(-c2cccnc2)cs1)C1CC(=O)N(C2CCS(=O)(=O)C2)C1. The standard InChI is InChI=1S/C17H18N4O4S2/c22-15-6-12(8-21(15)13-3-5-27(24,25)10-13)16(23)20-17-19-14(9-26-17)11-2-1-4-18-7-11/h1-2,4,7,9,12-13H,3,5-6,8,10H2,(H,19,20,23). The molecule has 2 aromatic rings. The number of hydrogen-bond acceptors (Lipinski definition) is 7. The summed E-state index contributed by atoms with van der Waals surface area (Å²) in [6, 6.07) is 3.39. The predicted molar refractivity (Wildman–Crippen MR) is 101 cm³/mol. The number of carbonyl (C=O) groups is 2. The van der Waals surface area contributed by atoms with Crippen LogP contribution in [-0.4, -0.2) is 59.2 Å². The summed E-state index contributed by atoms with van der Waals surface area (Å²) >= 11 is 1.31. The van der Waals surface area contributed by atoms with E-state index in [1.807, 2.05) is 17.5 Å². The molecule has 4 heterocycles. The maximum absolute atomic E-state index is 12.5. The average molecular weight is 406 g/mol. The zero-order chi connectivity index (χ0) is 19.0. The van der Waals surface area contributed by atoms with E-state index in [1.54, 1.807) is 17.3 Å². The van der Waals surface area contributed by atoms with Crippen LogP contribution in [0.3, 0.4) is 0 Å². The molecule has 0 bridgehead atoms. The monoisotopic (exact) mass is 406 g/mol. The lowest BCUT2D eigenvalue weighted by Gasteiger charge is -2.22. The minimum absolute atomic E-state index is 0.00592. The molecule has 2 amide bonds. The molecule has 0 radical (unpaired) electrons. The molecule has 2 unspecified atom stereocenters. The van der Waals surface area contributed by atoms with Gasteiger partial charge in [0.1, 0.15) is 0 Å². The minimum Gasteiger partial charge on any atom is -0.338 e. The number of likely N-dealkylation sites (tertiary alicyclic amines) is 1. The highest BCUT2D eigenvalue weighted by Crippen LogP contribution is 2.28. The fourth-order valence-electron chi connectivity index (χ4n) is 3.47. The zero-order valence-corrected chi connectivity index (χ0v) is 16.0. The van der Waals surface area contributed by atoms with E-state index >= 15 is 0 Å². The van der Waals surface area contributed by atoms with Crippen molar-refractivity contribution in [3.8, 4) is 11.3 Å². The van der Waals surface area contributed by atoms with Gasteiger partial charge in [0.15, 0.2) is 15.0 Å². The maximum Gasteiger partial charge on any atom is 0.231 e. The van der Waals surface area contributed by atoms with Crippen LogP contribution < -0.4 is 5.32 Å². The third-order valence-electron chi connectivity index (χ3n) is 4.87. The van der Waals surface area contributed by atoms with E-state index in [0.717, 1.165) is 11.3 Å². The third-order valence-corrected chi connectivity index (χ3v) is 7.38. The molecule has 1 N–H and O–H groups in total. The van der Waals surface area contributed by atoms with Crippen LogP contribution in [0.1, 0.15) is 12.8 Å². The van der Waals surface area contributed by atoms with Crippen LogP contribution in [0.2, 0.25) is 0 Å². The Morgan fingerprint density at radius 2 is 2.22 bits per heavy atom. The first kappa shape index (κ1) is 18.1. The summed E-state index contributed by atoms with van der Waals surface area (Å²) in [6.45, 7) is 0.256. The van der Waals surface area contributed by atoms with E-state index in [4.69, 9.17) is 0 Å². The number of nitrogens with one attached hydrogen (secondary N) is 1. The Labute approximate surface area is 160 Å². The van der Waals surface area contributed by atoms with E-state index < -0.39 is 15.8 Å². The van der Waals surface area contributed by atoms with Crippen LogP contribution in [0.5, 0.6) is 0 Å². The summed E-state index contributed by atoms with van der Waals surface area (Å²) in [4.78, 5) is 34.8. The van der Waals surface area contributed by atoms with Gasteiger partial charge in [0.05, 0.1) is 23.1 Å². The van der Waals surface area contributed by atoms with E-state index in [9.17, 15) is 18.0 Å². The van der Waals surface area contributed by atoms with Gasteiger partial charge >= 0.3 is 0 Å². The molecule has 2 fully saturated rings. The van der Waals surface area contributed by atoms with Crippen LogP contribution in [-0.2, 0) is 19.4 Å². The van der Waals surface area contributed by atoms with Gasteiger partial charge < -0.3 is 10.2 Å². The molecule has 0 spiro atoms. The number of carbonyl (C=O) groups excluding carboxylic acids is 2. The van der Waals surface area contributed by atoms with Crippen molar-refractivity contribution in [3.63, 3.8) is 0 Å². The fourth-order valence-corrected chi connectivity index (χ4v) is 5.92. The number of hydrogen-bond donors (Lipinski definition) is 1. The first-order valence-corrected chi connectivity index (χ1v) is 11.3. The number of rotatable bonds is 4. The Morgan fingerprint density at radius 3 is 2.93 bits per heavy atom. The molecule has 4 rings (SSSR count). The van der Waals surface area contributed by atoms with Crippen molar-refractivity contribution in [2.24, 2.45) is 5.92 Å². The van der Waals surface area contributed by atoms with E-state index in [-0.39, 0.29) is 42.3 Å². The summed E-state index contributed by atoms with van der Waals surface area (Å²) in [5.74, 6) is -0.819. The van der Waals surface area contributed by atoms with Crippen molar-refractivity contribution in [3.05, 3.63) is 29.9 Å². The molecule has 2 atom stereocenters. The third kappa shape index (κ3) is 3.86. The van der Waals surface area contributed by atoms with E-state index in [1.165, 1.54) is 11.3 Å². The molecule has 0 aliphatic carbocycles. The molecular formula is C17H18N4O4S2. The Morgan fingerprint density at radius 1 is 1.37 bits per heavy atom. The van der Waals surface area contributed by atoms with Crippen molar-refractivity contribution in [2.45, 2.75) is 18.9 Å². The lowest BCUT2D eigenvalue weighted by Crippen LogP contribution is -2.38. The summed E-state index contributed by atoms with van der Waals surface area (Å²) in [6.07, 6.45) is 3.92. The molecule has 142 valence electrons. The molecule has 2 aromatic heterocycles. The van der Waals surface area contributed by atoms with Gasteiger partial charge in [-0.1, -0.05) is 0 Å². The van der Waals surface area contributed by atoms with Crippen LogP contribution in [0.4, 0.5) is 5.13 Å². The highest BCUT2D eigenvalue weighted by atomic mass is 32.2. The second-order valence-electron chi connectivity index (χ2n) is 6.77. The Hall–Kier alpha value is -2.33. The van der Waals surface area contributed by atoms with Gasteiger partial charge in [-0.25, -0.2) is 13.4 Å². The summed E-state index contributed by atoms with van der Waals surface area (Å²) in [5.41, 5.74) is 1.59. The van der Waals surface area contributed by atoms with Crippen LogP contribution in [0.25, 0.3) is 11.3 Å². The normalized spacial score (nSPS) is 24.3. The molecular weight excluding hydrogens is 388 g/mol. The number of sulfone groups is 1. The molecule has 10 heteroatoms. The molecule has 27 heavy (non-hydrogen) atoms.